The minimum Gasteiger partial charge on any atom is -0.444 e. The molecule has 2 aliphatic rings. The Morgan fingerprint density at radius 1 is 1.36 bits per heavy atom. The quantitative estimate of drug-likeness (QED) is 0.759. The number of amides is 1. The van der Waals surface area contributed by atoms with Gasteiger partial charge in [-0.15, -0.1) is 0 Å². The standard InChI is InChI=1S/C20H26FNO3/c1-13-5-6-16(21)10-15(13)7-14-8-17-11-24-12-18(9-14)22(17)19(23)25-20(2,3)4/h5-6,8,10,17-18H,7,9,11-12H2,1-4H3. The molecule has 25 heavy (non-hydrogen) atoms. The number of carbonyl (C=O) groups is 1. The average Bonchev–Trinajstić information content (AvgIpc) is 2.48. The molecule has 136 valence electrons. The Kier molecular flexibility index (Phi) is 4.87. The molecule has 4 nitrogen and oxygen atoms in total. The number of nitrogens with zero attached hydrogens (tertiary/aromatic N) is 1. The predicted molar refractivity (Wildman–Crippen MR) is 94.0 cm³/mol. The lowest BCUT2D eigenvalue weighted by atomic mass is 9.89. The van der Waals surface area contributed by atoms with Gasteiger partial charge in [0.2, 0.25) is 0 Å². The van der Waals surface area contributed by atoms with Crippen molar-refractivity contribution >= 4 is 6.09 Å². The Bertz CT molecular complexity index is 693. The molecule has 2 bridgehead atoms. The fourth-order valence-electron chi connectivity index (χ4n) is 3.49. The monoisotopic (exact) mass is 347 g/mol. The first-order valence-corrected chi connectivity index (χ1v) is 8.76. The zero-order valence-electron chi connectivity index (χ0n) is 15.3. The van der Waals surface area contributed by atoms with Gasteiger partial charge in [-0.25, -0.2) is 9.18 Å². The summed E-state index contributed by atoms with van der Waals surface area (Å²) in [4.78, 5) is 14.4. The fraction of sp³-hybridized carbons (Fsp3) is 0.550. The highest BCUT2D eigenvalue weighted by atomic mass is 19.1. The van der Waals surface area contributed by atoms with E-state index < -0.39 is 5.60 Å². The number of ether oxygens (including phenoxy) is 2. The third-order valence-electron chi connectivity index (χ3n) is 4.61. The van der Waals surface area contributed by atoms with Gasteiger partial charge in [0.25, 0.3) is 0 Å². The summed E-state index contributed by atoms with van der Waals surface area (Å²) in [7, 11) is 0. The van der Waals surface area contributed by atoms with E-state index in [0.717, 1.165) is 17.5 Å². The Morgan fingerprint density at radius 3 is 2.80 bits per heavy atom. The number of morpholine rings is 1. The van der Waals surface area contributed by atoms with E-state index in [1.54, 1.807) is 11.0 Å². The first-order valence-electron chi connectivity index (χ1n) is 8.76. The predicted octanol–water partition coefficient (Wildman–Crippen LogP) is 4.01. The third-order valence-corrected chi connectivity index (χ3v) is 4.61. The Hall–Kier alpha value is -1.88. The van der Waals surface area contributed by atoms with E-state index in [4.69, 9.17) is 9.47 Å². The van der Waals surface area contributed by atoms with Gasteiger partial charge in [0, 0.05) is 0 Å². The molecule has 0 spiro atoms. The summed E-state index contributed by atoms with van der Waals surface area (Å²) in [5.74, 6) is -0.212. The summed E-state index contributed by atoms with van der Waals surface area (Å²) >= 11 is 0. The van der Waals surface area contributed by atoms with Crippen LogP contribution < -0.4 is 0 Å². The molecule has 2 aliphatic heterocycles. The lowest BCUT2D eigenvalue weighted by Gasteiger charge is -2.44. The average molecular weight is 347 g/mol. The maximum atomic E-state index is 13.5. The molecule has 0 saturated carbocycles. The minimum atomic E-state index is -0.519. The maximum absolute atomic E-state index is 13.5. The van der Waals surface area contributed by atoms with Crippen LogP contribution in [-0.2, 0) is 15.9 Å². The van der Waals surface area contributed by atoms with E-state index in [1.165, 1.54) is 11.6 Å². The molecule has 1 fully saturated rings. The number of carbonyl (C=O) groups excluding carboxylic acids is 1. The molecule has 2 unspecified atom stereocenters. The molecule has 0 radical (unpaired) electrons. The molecule has 5 heteroatoms. The Labute approximate surface area is 148 Å². The van der Waals surface area contributed by atoms with Gasteiger partial charge in [0.05, 0.1) is 25.3 Å². The number of halogens is 1. The van der Waals surface area contributed by atoms with Crippen molar-refractivity contribution in [3.8, 4) is 0 Å². The van der Waals surface area contributed by atoms with Crippen LogP contribution in [0.2, 0.25) is 0 Å². The van der Waals surface area contributed by atoms with Crippen LogP contribution in [0.15, 0.2) is 29.8 Å². The van der Waals surface area contributed by atoms with Crippen molar-refractivity contribution in [2.45, 2.75) is 58.2 Å². The second kappa shape index (κ2) is 6.79. The first kappa shape index (κ1) is 17.9. The molecule has 2 heterocycles. The summed E-state index contributed by atoms with van der Waals surface area (Å²) in [5.41, 5.74) is 2.79. The van der Waals surface area contributed by atoms with E-state index >= 15 is 0 Å². The van der Waals surface area contributed by atoms with Gasteiger partial charge in [-0.1, -0.05) is 17.7 Å². The van der Waals surface area contributed by atoms with Crippen molar-refractivity contribution in [2.75, 3.05) is 13.2 Å². The molecule has 3 rings (SSSR count). The Balaban J connectivity index is 1.79. The van der Waals surface area contributed by atoms with E-state index in [9.17, 15) is 9.18 Å². The number of fused-ring (bicyclic) bond motifs is 2. The van der Waals surface area contributed by atoms with Gasteiger partial charge in [0.15, 0.2) is 0 Å². The van der Waals surface area contributed by atoms with Crippen molar-refractivity contribution in [1.29, 1.82) is 0 Å². The van der Waals surface area contributed by atoms with Crippen molar-refractivity contribution in [2.24, 2.45) is 0 Å². The van der Waals surface area contributed by atoms with Crippen LogP contribution in [0.25, 0.3) is 0 Å². The summed E-state index contributed by atoms with van der Waals surface area (Å²) in [5, 5.41) is 0. The molecule has 1 aromatic carbocycles. The van der Waals surface area contributed by atoms with Crippen molar-refractivity contribution in [3.05, 3.63) is 46.8 Å². The highest BCUT2D eigenvalue weighted by molar-refractivity contribution is 5.70. The van der Waals surface area contributed by atoms with Crippen LogP contribution in [-0.4, -0.2) is 41.9 Å². The lowest BCUT2D eigenvalue weighted by Crippen LogP contribution is -2.57. The number of aryl methyl sites for hydroxylation is 1. The molecule has 1 aromatic rings. The summed E-state index contributed by atoms with van der Waals surface area (Å²) in [6, 6.07) is 4.75. The molecule has 0 aromatic heterocycles. The topological polar surface area (TPSA) is 38.8 Å². The first-order chi connectivity index (χ1) is 11.7. The second-order valence-electron chi connectivity index (χ2n) is 7.92. The Morgan fingerprint density at radius 2 is 2.12 bits per heavy atom. The molecule has 2 atom stereocenters. The van der Waals surface area contributed by atoms with Gasteiger partial charge >= 0.3 is 6.09 Å². The summed E-state index contributed by atoms with van der Waals surface area (Å²) in [6.45, 7) is 8.59. The lowest BCUT2D eigenvalue weighted by molar-refractivity contribution is -0.0536. The maximum Gasteiger partial charge on any atom is 0.411 e. The smallest absolute Gasteiger partial charge is 0.411 e. The molecule has 0 N–H and O–H groups in total. The number of benzene rings is 1. The zero-order chi connectivity index (χ0) is 18.2. The van der Waals surface area contributed by atoms with Crippen LogP contribution in [0, 0.1) is 12.7 Å². The molecular formula is C20H26FNO3. The van der Waals surface area contributed by atoms with Gasteiger partial charge in [0.1, 0.15) is 11.4 Å². The SMILES string of the molecule is Cc1ccc(F)cc1CC1=CC2COCC(C1)N2C(=O)OC(C)(C)C. The highest BCUT2D eigenvalue weighted by Crippen LogP contribution is 2.31. The number of rotatable bonds is 2. The van der Waals surface area contributed by atoms with Gasteiger partial charge < -0.3 is 9.47 Å². The van der Waals surface area contributed by atoms with Gasteiger partial charge in [-0.05, 0) is 63.8 Å². The fourth-order valence-corrected chi connectivity index (χ4v) is 3.49. The van der Waals surface area contributed by atoms with Crippen LogP contribution in [0.4, 0.5) is 9.18 Å². The van der Waals surface area contributed by atoms with Crippen LogP contribution in [0.5, 0.6) is 0 Å². The van der Waals surface area contributed by atoms with E-state index in [2.05, 4.69) is 6.08 Å². The zero-order valence-corrected chi connectivity index (χ0v) is 15.3. The van der Waals surface area contributed by atoms with Crippen LogP contribution in [0.3, 0.4) is 0 Å². The minimum absolute atomic E-state index is 0.0255. The molecule has 1 amide bonds. The normalized spacial score (nSPS) is 23.2. The highest BCUT2D eigenvalue weighted by Gasteiger charge is 2.39. The van der Waals surface area contributed by atoms with Gasteiger partial charge in [-0.2, -0.15) is 0 Å². The summed E-state index contributed by atoms with van der Waals surface area (Å²) in [6.07, 6.45) is 3.23. The van der Waals surface area contributed by atoms with Crippen molar-refractivity contribution in [1.82, 2.24) is 4.90 Å². The van der Waals surface area contributed by atoms with E-state index in [1.807, 2.05) is 33.8 Å². The second-order valence-corrected chi connectivity index (χ2v) is 7.92. The van der Waals surface area contributed by atoms with E-state index in [-0.39, 0.29) is 24.0 Å². The molecular weight excluding hydrogens is 321 g/mol. The largest absolute Gasteiger partial charge is 0.444 e. The molecule has 0 aliphatic carbocycles. The van der Waals surface area contributed by atoms with E-state index in [0.29, 0.717) is 19.6 Å². The number of hydrogen-bond donors (Lipinski definition) is 0. The van der Waals surface area contributed by atoms with Crippen LogP contribution in [0.1, 0.15) is 38.3 Å². The van der Waals surface area contributed by atoms with Crippen LogP contribution >= 0.6 is 0 Å². The number of hydrogen-bond acceptors (Lipinski definition) is 3. The van der Waals surface area contributed by atoms with Crippen molar-refractivity contribution in [3.63, 3.8) is 0 Å². The molecule has 1 saturated heterocycles. The summed E-state index contributed by atoms with van der Waals surface area (Å²) < 4.78 is 24.7. The van der Waals surface area contributed by atoms with Gasteiger partial charge in [-0.3, -0.25) is 4.90 Å². The van der Waals surface area contributed by atoms with Crippen molar-refractivity contribution < 1.29 is 18.7 Å². The third kappa shape index (κ3) is 4.21.